The summed E-state index contributed by atoms with van der Waals surface area (Å²) in [5.74, 6) is 0.533. The zero-order valence-corrected chi connectivity index (χ0v) is 21.3. The number of piperidine rings is 1. The Hall–Kier alpha value is -1.12. The summed E-state index contributed by atoms with van der Waals surface area (Å²) >= 11 is 0. The van der Waals surface area contributed by atoms with Gasteiger partial charge in [-0.2, -0.15) is 17.5 Å². The van der Waals surface area contributed by atoms with Crippen LogP contribution >= 0.6 is 24.0 Å². The van der Waals surface area contributed by atoms with E-state index in [0.29, 0.717) is 16.8 Å². The Bertz CT molecular complexity index is 824. The smallest absolute Gasteiger partial charge is 0.354 e. The average Bonchev–Trinajstić information content (AvgIpc) is 2.67. The first kappa shape index (κ1) is 27.9. The molecular weight excluding hydrogens is 546 g/mol. The van der Waals surface area contributed by atoms with Gasteiger partial charge in [-0.15, -0.1) is 24.0 Å². The van der Waals surface area contributed by atoms with Crippen molar-refractivity contribution in [2.45, 2.75) is 37.4 Å². The topological polar surface area (TPSA) is 77.0 Å². The number of nitrogens with one attached hydrogen (secondary N) is 2. The molecule has 0 aromatic heterocycles. The van der Waals surface area contributed by atoms with Crippen molar-refractivity contribution >= 4 is 40.0 Å². The lowest BCUT2D eigenvalue weighted by atomic mass is 10.0. The predicted octanol–water partition coefficient (Wildman–Crippen LogP) is 2.69. The number of halogens is 4. The van der Waals surface area contributed by atoms with Gasteiger partial charge in [0.15, 0.2) is 5.96 Å². The van der Waals surface area contributed by atoms with Crippen LogP contribution in [0.5, 0.6) is 0 Å². The molecule has 178 valence electrons. The number of guanidine groups is 1. The van der Waals surface area contributed by atoms with Crippen LogP contribution < -0.4 is 10.6 Å². The first-order valence-corrected chi connectivity index (χ1v) is 11.2. The average molecular weight is 577 g/mol. The molecule has 0 radical (unpaired) electrons. The van der Waals surface area contributed by atoms with Gasteiger partial charge in [0.2, 0.25) is 0 Å². The van der Waals surface area contributed by atoms with Gasteiger partial charge in [-0.25, -0.2) is 8.42 Å². The van der Waals surface area contributed by atoms with Crippen LogP contribution in [0, 0.1) is 6.92 Å². The summed E-state index contributed by atoms with van der Waals surface area (Å²) < 4.78 is 61.7. The summed E-state index contributed by atoms with van der Waals surface area (Å²) in [5, 5.41) is 6.45. The zero-order chi connectivity index (χ0) is 22.5. The van der Waals surface area contributed by atoms with E-state index in [2.05, 4.69) is 44.8 Å². The van der Waals surface area contributed by atoms with E-state index in [-0.39, 0.29) is 62.0 Å². The van der Waals surface area contributed by atoms with Gasteiger partial charge in [0.1, 0.15) is 0 Å². The van der Waals surface area contributed by atoms with Gasteiger partial charge < -0.3 is 15.5 Å². The molecule has 2 rings (SSSR count). The fourth-order valence-electron chi connectivity index (χ4n) is 3.36. The van der Waals surface area contributed by atoms with Gasteiger partial charge in [-0.1, -0.05) is 29.8 Å². The van der Waals surface area contributed by atoms with E-state index in [1.807, 2.05) is 21.0 Å². The summed E-state index contributed by atoms with van der Waals surface area (Å²) in [6.45, 7) is 2.25. The number of hydrogen-bond acceptors (Lipinski definition) is 4. The Morgan fingerprint density at radius 1 is 1.23 bits per heavy atom. The zero-order valence-electron chi connectivity index (χ0n) is 18.1. The predicted molar refractivity (Wildman–Crippen MR) is 127 cm³/mol. The highest BCUT2D eigenvalue weighted by Gasteiger charge is 2.50. The molecule has 31 heavy (non-hydrogen) atoms. The fourth-order valence-corrected chi connectivity index (χ4v) is 4.34. The molecule has 0 spiro atoms. The van der Waals surface area contributed by atoms with Gasteiger partial charge in [-0.05, 0) is 39.4 Å². The van der Waals surface area contributed by atoms with Crippen molar-refractivity contribution < 1.29 is 21.6 Å². The molecular formula is C19H31F3IN5O2S. The number of likely N-dealkylation sites (N-methyl/N-ethyl adjacent to an activating group) is 1. The fraction of sp³-hybridized carbons (Fsp3) is 0.632. The van der Waals surface area contributed by atoms with Crippen molar-refractivity contribution in [1.82, 2.24) is 19.8 Å². The van der Waals surface area contributed by atoms with E-state index in [9.17, 15) is 21.6 Å². The SMILES string of the molecule is CN=C(NCC(c1ccc(C)cc1)N(C)C)NC1CCN(S(=O)(=O)C(F)(F)F)CC1.I. The summed E-state index contributed by atoms with van der Waals surface area (Å²) in [4.78, 5) is 6.28. The summed E-state index contributed by atoms with van der Waals surface area (Å²) in [6.07, 6.45) is 0.538. The Morgan fingerprint density at radius 2 is 1.77 bits per heavy atom. The van der Waals surface area contributed by atoms with Crippen molar-refractivity contribution in [2.24, 2.45) is 4.99 Å². The van der Waals surface area contributed by atoms with Gasteiger partial charge in [0, 0.05) is 32.7 Å². The molecule has 1 saturated heterocycles. The van der Waals surface area contributed by atoms with Gasteiger partial charge >= 0.3 is 15.5 Å². The van der Waals surface area contributed by atoms with E-state index < -0.39 is 15.5 Å². The number of benzene rings is 1. The van der Waals surface area contributed by atoms with Crippen molar-refractivity contribution in [3.63, 3.8) is 0 Å². The third-order valence-corrected chi connectivity index (χ3v) is 6.83. The minimum atomic E-state index is -5.27. The van der Waals surface area contributed by atoms with E-state index >= 15 is 0 Å². The van der Waals surface area contributed by atoms with Crippen LogP contribution in [0.4, 0.5) is 13.2 Å². The van der Waals surface area contributed by atoms with Crippen molar-refractivity contribution in [3.8, 4) is 0 Å². The lowest BCUT2D eigenvalue weighted by Gasteiger charge is -2.33. The number of aliphatic imine (C=N–C) groups is 1. The number of sulfonamides is 1. The maximum absolute atomic E-state index is 12.7. The number of alkyl halides is 3. The largest absolute Gasteiger partial charge is 0.511 e. The maximum atomic E-state index is 12.7. The van der Waals surface area contributed by atoms with Crippen molar-refractivity contribution in [3.05, 3.63) is 35.4 Å². The number of aryl methyl sites for hydroxylation is 1. The Kier molecular flexibility index (Phi) is 10.5. The molecule has 1 aliphatic rings. The normalized spacial score (nSPS) is 17.9. The standard InChI is InChI=1S/C19H30F3N5O2S.HI/c1-14-5-7-15(8-6-14)17(26(3)4)13-24-18(23-2)25-16-9-11-27(12-10-16)30(28,29)19(20,21)22;/h5-8,16-17H,9-13H2,1-4H3,(H2,23,24,25);1H. The molecule has 1 atom stereocenters. The first-order valence-electron chi connectivity index (χ1n) is 9.72. The third kappa shape index (κ3) is 7.46. The minimum absolute atomic E-state index is 0. The highest BCUT2D eigenvalue weighted by molar-refractivity contribution is 14.0. The highest BCUT2D eigenvalue weighted by Crippen LogP contribution is 2.29. The Balaban J connectivity index is 0.00000480. The van der Waals surface area contributed by atoms with E-state index in [4.69, 9.17) is 0 Å². The molecule has 1 aliphatic heterocycles. The van der Waals surface area contributed by atoms with Crippen molar-refractivity contribution in [2.75, 3.05) is 40.8 Å². The van der Waals surface area contributed by atoms with Crippen LogP contribution in [0.25, 0.3) is 0 Å². The second kappa shape index (κ2) is 11.7. The lowest BCUT2D eigenvalue weighted by Crippen LogP contribution is -2.52. The van der Waals surface area contributed by atoms with Crippen LogP contribution in [0.1, 0.15) is 30.0 Å². The Labute approximate surface area is 199 Å². The Morgan fingerprint density at radius 3 is 2.23 bits per heavy atom. The van der Waals surface area contributed by atoms with Crippen LogP contribution in [0.15, 0.2) is 29.3 Å². The van der Waals surface area contributed by atoms with E-state index in [1.54, 1.807) is 7.05 Å². The molecule has 0 amide bonds. The summed E-state index contributed by atoms with van der Waals surface area (Å²) in [6, 6.07) is 8.21. The van der Waals surface area contributed by atoms with Crippen LogP contribution in [-0.2, 0) is 10.0 Å². The molecule has 2 N–H and O–H groups in total. The second-order valence-corrected chi connectivity index (χ2v) is 9.54. The molecule has 1 unspecified atom stereocenters. The van der Waals surface area contributed by atoms with Gasteiger partial charge in [-0.3, -0.25) is 4.99 Å². The van der Waals surface area contributed by atoms with E-state index in [1.165, 1.54) is 5.56 Å². The van der Waals surface area contributed by atoms with Crippen molar-refractivity contribution in [1.29, 1.82) is 0 Å². The lowest BCUT2D eigenvalue weighted by molar-refractivity contribution is -0.0494. The molecule has 1 aromatic rings. The molecule has 12 heteroatoms. The number of hydrogen-bond donors (Lipinski definition) is 2. The minimum Gasteiger partial charge on any atom is -0.354 e. The summed E-state index contributed by atoms with van der Waals surface area (Å²) in [5.41, 5.74) is -2.93. The van der Waals surface area contributed by atoms with Crippen LogP contribution in [0.3, 0.4) is 0 Å². The van der Waals surface area contributed by atoms with Gasteiger partial charge in [0.05, 0.1) is 6.04 Å². The van der Waals surface area contributed by atoms with Gasteiger partial charge in [0.25, 0.3) is 0 Å². The van der Waals surface area contributed by atoms with Crippen LogP contribution in [-0.4, -0.2) is 75.9 Å². The second-order valence-electron chi connectivity index (χ2n) is 7.61. The molecule has 1 fully saturated rings. The maximum Gasteiger partial charge on any atom is 0.511 e. The highest BCUT2D eigenvalue weighted by atomic mass is 127. The number of rotatable bonds is 6. The number of nitrogens with zero attached hydrogens (tertiary/aromatic N) is 3. The van der Waals surface area contributed by atoms with Crippen LogP contribution in [0.2, 0.25) is 0 Å². The summed E-state index contributed by atoms with van der Waals surface area (Å²) in [7, 11) is 0.323. The molecule has 7 nitrogen and oxygen atoms in total. The first-order chi connectivity index (χ1) is 14.0. The quantitative estimate of drug-likeness (QED) is 0.309. The molecule has 0 saturated carbocycles. The molecule has 0 bridgehead atoms. The molecule has 1 heterocycles. The molecule has 0 aliphatic carbocycles. The monoisotopic (exact) mass is 577 g/mol. The molecule has 1 aromatic carbocycles. The van der Waals surface area contributed by atoms with E-state index in [0.717, 1.165) is 5.56 Å². The third-order valence-electron chi connectivity index (χ3n) is 5.20.